The fourth-order valence-electron chi connectivity index (χ4n) is 1.62. The SMILES string of the molecule is COCOCc1c(Br)cc(C(=O)O)c(OC)c1C. The van der Waals surface area contributed by atoms with Crippen LogP contribution in [0, 0.1) is 6.92 Å². The second kappa shape index (κ2) is 6.72. The number of carbonyl (C=O) groups is 1. The van der Waals surface area contributed by atoms with E-state index in [1.54, 1.807) is 6.92 Å². The third-order valence-corrected chi connectivity index (χ3v) is 3.19. The van der Waals surface area contributed by atoms with Crippen molar-refractivity contribution in [1.82, 2.24) is 0 Å². The average molecular weight is 319 g/mol. The number of aromatic carboxylic acids is 1. The summed E-state index contributed by atoms with van der Waals surface area (Å²) in [7, 11) is 2.98. The molecule has 5 nitrogen and oxygen atoms in total. The van der Waals surface area contributed by atoms with Gasteiger partial charge in [-0.3, -0.25) is 0 Å². The van der Waals surface area contributed by atoms with E-state index in [4.69, 9.17) is 19.3 Å². The van der Waals surface area contributed by atoms with Gasteiger partial charge in [0.25, 0.3) is 0 Å². The lowest BCUT2D eigenvalue weighted by Gasteiger charge is -2.15. The van der Waals surface area contributed by atoms with E-state index in [9.17, 15) is 4.79 Å². The fraction of sp³-hybridized carbons (Fsp3) is 0.417. The molecule has 0 radical (unpaired) electrons. The van der Waals surface area contributed by atoms with Gasteiger partial charge in [0.1, 0.15) is 18.1 Å². The van der Waals surface area contributed by atoms with E-state index in [0.717, 1.165) is 11.1 Å². The monoisotopic (exact) mass is 318 g/mol. The van der Waals surface area contributed by atoms with Gasteiger partial charge in [-0.25, -0.2) is 4.79 Å². The summed E-state index contributed by atoms with van der Waals surface area (Å²) in [5, 5.41) is 9.10. The van der Waals surface area contributed by atoms with Gasteiger partial charge in [-0.05, 0) is 24.1 Å². The molecule has 0 unspecified atom stereocenters. The van der Waals surface area contributed by atoms with Crippen LogP contribution in [0.4, 0.5) is 0 Å². The lowest BCUT2D eigenvalue weighted by atomic mass is 10.0. The molecule has 0 saturated carbocycles. The number of methoxy groups -OCH3 is 2. The molecular weight excluding hydrogens is 304 g/mol. The van der Waals surface area contributed by atoms with E-state index in [0.29, 0.717) is 16.8 Å². The zero-order valence-corrected chi connectivity index (χ0v) is 12.0. The highest BCUT2D eigenvalue weighted by atomic mass is 79.9. The molecule has 0 aliphatic carbocycles. The first-order chi connectivity index (χ1) is 8.52. The van der Waals surface area contributed by atoms with Gasteiger partial charge in [0.05, 0.1) is 13.7 Å². The van der Waals surface area contributed by atoms with Gasteiger partial charge in [-0.2, -0.15) is 0 Å². The van der Waals surface area contributed by atoms with E-state index in [1.807, 2.05) is 0 Å². The summed E-state index contributed by atoms with van der Waals surface area (Å²) in [5.74, 6) is -0.679. The summed E-state index contributed by atoms with van der Waals surface area (Å²) in [6.07, 6.45) is 0. The lowest BCUT2D eigenvalue weighted by Crippen LogP contribution is -2.07. The summed E-state index contributed by atoms with van der Waals surface area (Å²) in [6.45, 7) is 2.28. The number of carboxylic acids is 1. The third kappa shape index (κ3) is 3.22. The van der Waals surface area contributed by atoms with E-state index >= 15 is 0 Å². The van der Waals surface area contributed by atoms with Crippen LogP contribution in [0.5, 0.6) is 5.75 Å². The second-order valence-corrected chi connectivity index (χ2v) is 4.46. The normalized spacial score (nSPS) is 10.4. The quantitative estimate of drug-likeness (QED) is 0.645. The first-order valence-corrected chi connectivity index (χ1v) is 5.98. The van der Waals surface area contributed by atoms with E-state index in [2.05, 4.69) is 15.9 Å². The maximum absolute atomic E-state index is 11.1. The highest BCUT2D eigenvalue weighted by molar-refractivity contribution is 9.10. The van der Waals surface area contributed by atoms with Crippen LogP contribution in [0.1, 0.15) is 21.5 Å². The number of benzene rings is 1. The molecule has 0 aromatic heterocycles. The number of halogens is 1. The van der Waals surface area contributed by atoms with Crippen molar-refractivity contribution in [3.05, 3.63) is 27.2 Å². The molecule has 0 heterocycles. The molecular formula is C12H15BrO5. The number of carboxylic acid groups (broad SMARTS) is 1. The van der Waals surface area contributed by atoms with Gasteiger partial charge in [-0.1, -0.05) is 15.9 Å². The molecule has 18 heavy (non-hydrogen) atoms. The number of ether oxygens (including phenoxy) is 3. The van der Waals surface area contributed by atoms with Gasteiger partial charge in [0.2, 0.25) is 0 Å². The Morgan fingerprint density at radius 3 is 2.61 bits per heavy atom. The van der Waals surface area contributed by atoms with Crippen LogP contribution in [-0.4, -0.2) is 32.1 Å². The van der Waals surface area contributed by atoms with Crippen LogP contribution >= 0.6 is 15.9 Å². The minimum absolute atomic E-state index is 0.123. The van der Waals surface area contributed by atoms with Gasteiger partial charge < -0.3 is 19.3 Å². The molecule has 1 aromatic carbocycles. The number of hydrogen-bond donors (Lipinski definition) is 1. The van der Waals surface area contributed by atoms with Crippen LogP contribution < -0.4 is 4.74 Å². The van der Waals surface area contributed by atoms with Crippen molar-refractivity contribution in [1.29, 1.82) is 0 Å². The Labute approximate surface area is 114 Å². The Kier molecular flexibility index (Phi) is 5.58. The minimum atomic E-state index is -1.03. The summed E-state index contributed by atoms with van der Waals surface area (Å²) in [4.78, 5) is 11.1. The summed E-state index contributed by atoms with van der Waals surface area (Å²) >= 11 is 3.34. The Hall–Kier alpha value is -1.11. The molecule has 1 N–H and O–H groups in total. The highest BCUT2D eigenvalue weighted by Gasteiger charge is 2.19. The van der Waals surface area contributed by atoms with Crippen LogP contribution in [0.25, 0.3) is 0 Å². The molecule has 0 bridgehead atoms. The van der Waals surface area contributed by atoms with Crippen molar-refractivity contribution >= 4 is 21.9 Å². The van der Waals surface area contributed by atoms with Crippen LogP contribution in [-0.2, 0) is 16.1 Å². The Morgan fingerprint density at radius 1 is 1.44 bits per heavy atom. The average Bonchev–Trinajstić information content (AvgIpc) is 2.32. The molecule has 0 saturated heterocycles. The predicted molar refractivity (Wildman–Crippen MR) is 69.1 cm³/mol. The molecule has 0 fully saturated rings. The van der Waals surface area contributed by atoms with Gasteiger partial charge in [0, 0.05) is 11.6 Å². The summed E-state index contributed by atoms with van der Waals surface area (Å²) in [6, 6.07) is 1.51. The molecule has 0 aliphatic heterocycles. The van der Waals surface area contributed by atoms with Crippen LogP contribution in [0.3, 0.4) is 0 Å². The zero-order chi connectivity index (χ0) is 13.7. The number of hydrogen-bond acceptors (Lipinski definition) is 4. The topological polar surface area (TPSA) is 65.0 Å². The molecule has 0 atom stereocenters. The second-order valence-electron chi connectivity index (χ2n) is 3.60. The van der Waals surface area contributed by atoms with Crippen LogP contribution in [0.2, 0.25) is 0 Å². The molecule has 1 aromatic rings. The molecule has 1 rings (SSSR count). The maximum Gasteiger partial charge on any atom is 0.339 e. The van der Waals surface area contributed by atoms with Crippen molar-refractivity contribution in [2.24, 2.45) is 0 Å². The molecule has 6 heteroatoms. The Bertz CT molecular complexity index is 445. The molecule has 0 aliphatic rings. The smallest absolute Gasteiger partial charge is 0.339 e. The van der Waals surface area contributed by atoms with Gasteiger partial charge in [-0.15, -0.1) is 0 Å². The lowest BCUT2D eigenvalue weighted by molar-refractivity contribution is -0.0394. The first kappa shape index (κ1) is 14.9. The largest absolute Gasteiger partial charge is 0.496 e. The van der Waals surface area contributed by atoms with E-state index in [1.165, 1.54) is 20.3 Å². The zero-order valence-electron chi connectivity index (χ0n) is 10.4. The Balaban J connectivity index is 3.16. The summed E-state index contributed by atoms with van der Waals surface area (Å²) < 4.78 is 15.9. The van der Waals surface area contributed by atoms with Crippen molar-refractivity contribution in [3.8, 4) is 5.75 Å². The third-order valence-electron chi connectivity index (χ3n) is 2.48. The van der Waals surface area contributed by atoms with E-state index in [-0.39, 0.29) is 12.4 Å². The van der Waals surface area contributed by atoms with Gasteiger partial charge in [0.15, 0.2) is 0 Å². The standard InChI is InChI=1S/C12H15BrO5/c1-7-9(5-18-6-16-2)10(13)4-8(12(14)15)11(7)17-3/h4H,5-6H2,1-3H3,(H,14,15). The molecule has 100 valence electrons. The minimum Gasteiger partial charge on any atom is -0.496 e. The Morgan fingerprint density at radius 2 is 2.11 bits per heavy atom. The van der Waals surface area contributed by atoms with Gasteiger partial charge >= 0.3 is 5.97 Å². The van der Waals surface area contributed by atoms with Crippen molar-refractivity contribution < 1.29 is 24.1 Å². The first-order valence-electron chi connectivity index (χ1n) is 5.18. The number of rotatable bonds is 6. The van der Waals surface area contributed by atoms with Crippen molar-refractivity contribution in [2.45, 2.75) is 13.5 Å². The van der Waals surface area contributed by atoms with Crippen molar-refractivity contribution in [3.63, 3.8) is 0 Å². The van der Waals surface area contributed by atoms with E-state index < -0.39 is 5.97 Å². The summed E-state index contributed by atoms with van der Waals surface area (Å²) in [5.41, 5.74) is 1.70. The van der Waals surface area contributed by atoms with Crippen LogP contribution in [0.15, 0.2) is 10.5 Å². The highest BCUT2D eigenvalue weighted by Crippen LogP contribution is 2.33. The predicted octanol–water partition coefficient (Wildman–Crippen LogP) is 2.58. The maximum atomic E-state index is 11.1. The molecule has 0 spiro atoms. The fourth-order valence-corrected chi connectivity index (χ4v) is 2.26. The van der Waals surface area contributed by atoms with Crippen molar-refractivity contribution in [2.75, 3.05) is 21.0 Å². The molecule has 0 amide bonds.